The molecule has 1 N–H and O–H groups in total. The summed E-state index contributed by atoms with van der Waals surface area (Å²) in [5, 5.41) is 9.30. The average molecular weight is 291 g/mol. The monoisotopic (exact) mass is 291 g/mol. The molecule has 2 rings (SSSR count). The fraction of sp³-hybridized carbons (Fsp3) is 0.438. The Morgan fingerprint density at radius 3 is 3.10 bits per heavy atom. The lowest BCUT2D eigenvalue weighted by Crippen LogP contribution is -2.49. The van der Waals surface area contributed by atoms with Crippen LogP contribution in [-0.4, -0.2) is 55.4 Å². The third kappa shape index (κ3) is 3.83. The molecule has 0 radical (unpaired) electrons. The van der Waals surface area contributed by atoms with Crippen molar-refractivity contribution in [2.75, 3.05) is 33.5 Å². The van der Waals surface area contributed by atoms with Crippen molar-refractivity contribution < 1.29 is 19.4 Å². The molecule has 1 fully saturated rings. The molecule has 0 aromatic heterocycles. The summed E-state index contributed by atoms with van der Waals surface area (Å²) in [5.41, 5.74) is 1.96. The second-order valence-electron chi connectivity index (χ2n) is 5.02. The molecule has 1 aliphatic heterocycles. The maximum Gasteiger partial charge on any atom is 0.247 e. The van der Waals surface area contributed by atoms with Gasteiger partial charge in [-0.2, -0.15) is 0 Å². The van der Waals surface area contributed by atoms with Crippen LogP contribution in [0.2, 0.25) is 0 Å². The van der Waals surface area contributed by atoms with E-state index >= 15 is 0 Å². The van der Waals surface area contributed by atoms with Crippen LogP contribution in [0.15, 0.2) is 24.3 Å². The van der Waals surface area contributed by atoms with Gasteiger partial charge in [0.15, 0.2) is 0 Å². The number of aryl methyl sites for hydroxylation is 1. The molecule has 1 aromatic rings. The van der Waals surface area contributed by atoms with Gasteiger partial charge in [-0.15, -0.1) is 0 Å². The number of carbonyl (C=O) groups is 1. The lowest BCUT2D eigenvalue weighted by atomic mass is 10.1. The Bertz CT molecular complexity index is 527. The highest BCUT2D eigenvalue weighted by Gasteiger charge is 2.25. The Labute approximate surface area is 124 Å². The summed E-state index contributed by atoms with van der Waals surface area (Å²) >= 11 is 0. The number of nitrogens with zero attached hydrogens (tertiary/aromatic N) is 1. The number of aliphatic hydroxyl groups is 1. The van der Waals surface area contributed by atoms with Crippen LogP contribution in [0.5, 0.6) is 5.75 Å². The van der Waals surface area contributed by atoms with E-state index in [0.717, 1.165) is 16.9 Å². The summed E-state index contributed by atoms with van der Waals surface area (Å²) in [5.74, 6) is 0.603. The van der Waals surface area contributed by atoms with Crippen molar-refractivity contribution in [1.82, 2.24) is 4.90 Å². The van der Waals surface area contributed by atoms with Crippen LogP contribution in [0.25, 0.3) is 6.08 Å². The minimum absolute atomic E-state index is 0.0899. The molecule has 1 saturated heterocycles. The van der Waals surface area contributed by atoms with E-state index < -0.39 is 0 Å². The van der Waals surface area contributed by atoms with Gasteiger partial charge in [-0.3, -0.25) is 4.79 Å². The summed E-state index contributed by atoms with van der Waals surface area (Å²) in [7, 11) is 1.60. The maximum atomic E-state index is 12.3. The predicted molar refractivity (Wildman–Crippen MR) is 80.2 cm³/mol. The van der Waals surface area contributed by atoms with Crippen LogP contribution in [0.1, 0.15) is 11.1 Å². The molecule has 1 aromatic carbocycles. The molecule has 5 heteroatoms. The zero-order valence-electron chi connectivity index (χ0n) is 12.4. The standard InChI is InChI=1S/C16H21NO4/c1-12-3-5-15(20-2)13(9-12)4-6-16(19)17-7-8-21-11-14(17)10-18/h3-6,9,14,18H,7-8,10-11H2,1-2H3/b6-4+. The molecule has 0 saturated carbocycles. The number of methoxy groups -OCH3 is 1. The number of carbonyl (C=O) groups excluding carboxylic acids is 1. The highest BCUT2D eigenvalue weighted by molar-refractivity contribution is 5.92. The molecule has 0 aliphatic carbocycles. The second kappa shape index (κ2) is 7.24. The molecule has 5 nitrogen and oxygen atoms in total. The predicted octanol–water partition coefficient (Wildman–Crippen LogP) is 1.24. The molecule has 0 spiro atoms. The van der Waals surface area contributed by atoms with Gasteiger partial charge in [0, 0.05) is 18.2 Å². The Morgan fingerprint density at radius 1 is 1.57 bits per heavy atom. The fourth-order valence-corrected chi connectivity index (χ4v) is 2.34. The van der Waals surface area contributed by atoms with Gasteiger partial charge >= 0.3 is 0 Å². The largest absolute Gasteiger partial charge is 0.496 e. The third-order valence-corrected chi connectivity index (χ3v) is 3.51. The zero-order chi connectivity index (χ0) is 15.2. The van der Waals surface area contributed by atoms with Gasteiger partial charge in [-0.05, 0) is 25.1 Å². The first kappa shape index (κ1) is 15.5. The minimum atomic E-state index is -0.268. The maximum absolute atomic E-state index is 12.3. The smallest absolute Gasteiger partial charge is 0.247 e. The van der Waals surface area contributed by atoms with Crippen LogP contribution < -0.4 is 4.74 Å². The van der Waals surface area contributed by atoms with Crippen molar-refractivity contribution in [2.24, 2.45) is 0 Å². The SMILES string of the molecule is COc1ccc(C)cc1/C=C/C(=O)N1CCOCC1CO. The summed E-state index contributed by atoms with van der Waals surface area (Å²) in [6, 6.07) is 5.54. The number of rotatable bonds is 4. The molecule has 1 amide bonds. The minimum Gasteiger partial charge on any atom is -0.496 e. The van der Waals surface area contributed by atoms with Crippen LogP contribution in [0.4, 0.5) is 0 Å². The Morgan fingerprint density at radius 2 is 2.38 bits per heavy atom. The topological polar surface area (TPSA) is 59.0 Å². The summed E-state index contributed by atoms with van der Waals surface area (Å²) in [6.07, 6.45) is 3.27. The van der Waals surface area contributed by atoms with Crippen molar-refractivity contribution in [1.29, 1.82) is 0 Å². The lowest BCUT2D eigenvalue weighted by Gasteiger charge is -2.33. The van der Waals surface area contributed by atoms with Crippen LogP contribution in [0.3, 0.4) is 0 Å². The van der Waals surface area contributed by atoms with E-state index in [0.29, 0.717) is 19.8 Å². The van der Waals surface area contributed by atoms with Crippen molar-refractivity contribution >= 4 is 12.0 Å². The van der Waals surface area contributed by atoms with E-state index in [1.807, 2.05) is 25.1 Å². The van der Waals surface area contributed by atoms with E-state index in [1.165, 1.54) is 6.08 Å². The molecule has 114 valence electrons. The van der Waals surface area contributed by atoms with E-state index in [-0.39, 0.29) is 18.6 Å². The van der Waals surface area contributed by atoms with Crippen molar-refractivity contribution in [3.8, 4) is 5.75 Å². The fourth-order valence-electron chi connectivity index (χ4n) is 2.34. The Balaban J connectivity index is 2.13. The van der Waals surface area contributed by atoms with Gasteiger partial charge in [0.1, 0.15) is 5.75 Å². The number of morpholine rings is 1. The zero-order valence-corrected chi connectivity index (χ0v) is 12.4. The molecule has 21 heavy (non-hydrogen) atoms. The number of amides is 1. The van der Waals surface area contributed by atoms with Crippen LogP contribution in [-0.2, 0) is 9.53 Å². The van der Waals surface area contributed by atoms with Gasteiger partial charge in [0.25, 0.3) is 0 Å². The Hall–Kier alpha value is -1.85. The molecule has 1 atom stereocenters. The number of hydrogen-bond donors (Lipinski definition) is 1. The van der Waals surface area contributed by atoms with E-state index in [1.54, 1.807) is 18.1 Å². The van der Waals surface area contributed by atoms with Crippen LogP contribution in [0, 0.1) is 6.92 Å². The van der Waals surface area contributed by atoms with Crippen molar-refractivity contribution in [3.05, 3.63) is 35.4 Å². The van der Waals surface area contributed by atoms with Gasteiger partial charge in [0.05, 0.1) is 33.0 Å². The molecular formula is C16H21NO4. The quantitative estimate of drug-likeness (QED) is 0.848. The molecule has 1 unspecified atom stereocenters. The van der Waals surface area contributed by atoms with Gasteiger partial charge in [0.2, 0.25) is 5.91 Å². The van der Waals surface area contributed by atoms with Gasteiger partial charge in [-0.25, -0.2) is 0 Å². The highest BCUT2D eigenvalue weighted by Crippen LogP contribution is 2.21. The summed E-state index contributed by atoms with van der Waals surface area (Å²) in [6.45, 7) is 3.28. The average Bonchev–Trinajstić information content (AvgIpc) is 2.52. The van der Waals surface area contributed by atoms with E-state index in [4.69, 9.17) is 9.47 Å². The van der Waals surface area contributed by atoms with E-state index in [2.05, 4.69) is 0 Å². The first-order valence-electron chi connectivity index (χ1n) is 6.97. The number of aliphatic hydroxyl groups excluding tert-OH is 1. The second-order valence-corrected chi connectivity index (χ2v) is 5.02. The number of hydrogen-bond acceptors (Lipinski definition) is 4. The molecule has 1 aliphatic rings. The van der Waals surface area contributed by atoms with E-state index in [9.17, 15) is 9.90 Å². The van der Waals surface area contributed by atoms with Crippen molar-refractivity contribution in [3.63, 3.8) is 0 Å². The van der Waals surface area contributed by atoms with Gasteiger partial charge in [-0.1, -0.05) is 11.6 Å². The molecule has 0 bridgehead atoms. The first-order valence-corrected chi connectivity index (χ1v) is 6.97. The molecular weight excluding hydrogens is 270 g/mol. The Kier molecular flexibility index (Phi) is 5.36. The number of ether oxygens (including phenoxy) is 2. The first-order chi connectivity index (χ1) is 10.2. The lowest BCUT2D eigenvalue weighted by molar-refractivity contribution is -0.136. The molecule has 1 heterocycles. The number of benzene rings is 1. The van der Waals surface area contributed by atoms with Crippen molar-refractivity contribution in [2.45, 2.75) is 13.0 Å². The van der Waals surface area contributed by atoms with Gasteiger partial charge < -0.3 is 19.5 Å². The summed E-state index contributed by atoms with van der Waals surface area (Å²) < 4.78 is 10.6. The van der Waals surface area contributed by atoms with Crippen LogP contribution >= 0.6 is 0 Å². The normalized spacial score (nSPS) is 19.0. The highest BCUT2D eigenvalue weighted by atomic mass is 16.5. The third-order valence-electron chi connectivity index (χ3n) is 3.51. The summed E-state index contributed by atoms with van der Waals surface area (Å²) in [4.78, 5) is 13.9.